The summed E-state index contributed by atoms with van der Waals surface area (Å²) in [7, 11) is 0. The molecule has 3 aliphatic rings. The number of anilines is 1. The van der Waals surface area contributed by atoms with Crippen LogP contribution in [0, 0.1) is 16.0 Å². The number of amides is 2. The van der Waals surface area contributed by atoms with Gasteiger partial charge in [0.15, 0.2) is 0 Å². The lowest BCUT2D eigenvalue weighted by atomic mass is 9.89. The van der Waals surface area contributed by atoms with Crippen LogP contribution < -0.4 is 4.90 Å². The van der Waals surface area contributed by atoms with Gasteiger partial charge in [-0.2, -0.15) is 0 Å². The second kappa shape index (κ2) is 6.72. The van der Waals surface area contributed by atoms with E-state index < -0.39 is 16.9 Å². The van der Waals surface area contributed by atoms with Crippen LogP contribution in [0.2, 0.25) is 0 Å². The highest BCUT2D eigenvalue weighted by molar-refractivity contribution is 9.10. The van der Waals surface area contributed by atoms with Crippen LogP contribution in [0.15, 0.2) is 53.0 Å². The minimum atomic E-state index is -0.589. The normalized spacial score (nSPS) is 26.8. The number of imide groups is 1. The highest BCUT2D eigenvalue weighted by Gasteiger charge is 2.62. The predicted molar refractivity (Wildman–Crippen MR) is 108 cm³/mol. The number of nitro groups is 1. The number of hydrogen-bond donors (Lipinski definition) is 0. The molecule has 3 unspecified atom stereocenters. The van der Waals surface area contributed by atoms with Crippen molar-refractivity contribution in [3.05, 3.63) is 68.7 Å². The van der Waals surface area contributed by atoms with Crippen LogP contribution in [-0.4, -0.2) is 45.9 Å². The van der Waals surface area contributed by atoms with E-state index in [2.05, 4.69) is 15.9 Å². The van der Waals surface area contributed by atoms with Crippen LogP contribution >= 0.6 is 15.9 Å². The molecule has 2 aromatic rings. The number of nitrogens with zero attached hydrogens (tertiary/aromatic N) is 4. The average Bonchev–Trinajstić information content (AvgIpc) is 3.35. The molecule has 3 fully saturated rings. The number of carbonyl (C=O) groups excluding carboxylic acids is 2. The molecule has 2 amide bonds. The van der Waals surface area contributed by atoms with E-state index in [9.17, 15) is 19.7 Å². The maximum atomic E-state index is 13.4. The summed E-state index contributed by atoms with van der Waals surface area (Å²) >= 11 is 3.37. The first-order valence-corrected chi connectivity index (χ1v) is 10.2. The summed E-state index contributed by atoms with van der Waals surface area (Å²) in [5.74, 6) is -1.08. The van der Waals surface area contributed by atoms with Crippen molar-refractivity contribution >= 4 is 39.1 Å². The van der Waals surface area contributed by atoms with Crippen molar-refractivity contribution in [2.45, 2.75) is 18.5 Å². The summed E-state index contributed by atoms with van der Waals surface area (Å²) in [6.07, 6.45) is 0.883. The molecule has 0 radical (unpaired) electrons. The van der Waals surface area contributed by atoms with Gasteiger partial charge in [0.05, 0.1) is 22.6 Å². The fourth-order valence-corrected chi connectivity index (χ4v) is 5.04. The van der Waals surface area contributed by atoms with Gasteiger partial charge in [-0.25, -0.2) is 14.9 Å². The molecule has 0 bridgehead atoms. The molecule has 3 atom stereocenters. The van der Waals surface area contributed by atoms with Crippen molar-refractivity contribution in [3.63, 3.8) is 0 Å². The molecule has 3 aliphatic heterocycles. The third-order valence-electron chi connectivity index (χ3n) is 5.91. The number of hydrazine groups is 1. The Labute approximate surface area is 174 Å². The first-order valence-electron chi connectivity index (χ1n) is 9.38. The highest BCUT2D eigenvalue weighted by Crippen LogP contribution is 2.49. The summed E-state index contributed by atoms with van der Waals surface area (Å²) in [6.45, 7) is 1.42. The Balaban J connectivity index is 1.58. The molecule has 0 saturated carbocycles. The summed E-state index contributed by atoms with van der Waals surface area (Å²) in [6, 6.07) is 12.5. The van der Waals surface area contributed by atoms with E-state index in [0.29, 0.717) is 17.8 Å². The number of rotatable bonds is 3. The largest absolute Gasteiger partial charge is 0.274 e. The Morgan fingerprint density at radius 2 is 1.66 bits per heavy atom. The Bertz CT molecular complexity index is 1030. The van der Waals surface area contributed by atoms with E-state index in [1.165, 1.54) is 17.0 Å². The number of hydrogen-bond acceptors (Lipinski definition) is 6. The van der Waals surface area contributed by atoms with Gasteiger partial charge in [0.1, 0.15) is 6.04 Å². The van der Waals surface area contributed by atoms with E-state index in [4.69, 9.17) is 0 Å². The summed E-state index contributed by atoms with van der Waals surface area (Å²) in [5, 5.41) is 15.3. The maximum Gasteiger partial charge on any atom is 0.269 e. The molecule has 29 heavy (non-hydrogen) atoms. The standard InChI is InChI=1S/C20H17BrN4O4/c21-13-5-7-14(8-6-13)24-19(26)16-17(12-3-1-4-15(11-12)25(28)29)22-9-2-10-23(22)18(16)20(24)27/h1,3-8,11,16-18H,2,9-10H2. The zero-order valence-corrected chi connectivity index (χ0v) is 16.9. The van der Waals surface area contributed by atoms with Gasteiger partial charge in [-0.15, -0.1) is 0 Å². The maximum absolute atomic E-state index is 13.4. The predicted octanol–water partition coefficient (Wildman–Crippen LogP) is 2.89. The molecule has 3 heterocycles. The van der Waals surface area contributed by atoms with E-state index in [1.54, 1.807) is 36.4 Å². The van der Waals surface area contributed by atoms with E-state index in [-0.39, 0.29) is 23.5 Å². The number of carbonyl (C=O) groups is 2. The molecule has 8 nitrogen and oxygen atoms in total. The van der Waals surface area contributed by atoms with Gasteiger partial charge in [0.2, 0.25) is 5.91 Å². The molecule has 5 rings (SSSR count). The zero-order valence-electron chi connectivity index (χ0n) is 15.3. The number of nitro benzene ring substituents is 1. The van der Waals surface area contributed by atoms with Crippen molar-refractivity contribution in [2.24, 2.45) is 5.92 Å². The minimum Gasteiger partial charge on any atom is -0.274 e. The monoisotopic (exact) mass is 456 g/mol. The van der Waals surface area contributed by atoms with Crippen molar-refractivity contribution in [3.8, 4) is 0 Å². The lowest BCUT2D eigenvalue weighted by Gasteiger charge is -2.29. The topological polar surface area (TPSA) is 87.0 Å². The van der Waals surface area contributed by atoms with Crippen molar-refractivity contribution in [1.29, 1.82) is 0 Å². The first kappa shape index (κ1) is 18.4. The van der Waals surface area contributed by atoms with Crippen LogP contribution in [0.25, 0.3) is 0 Å². The Kier molecular flexibility index (Phi) is 4.27. The molecule has 0 aromatic heterocycles. The fraction of sp³-hybridized carbons (Fsp3) is 0.300. The highest BCUT2D eigenvalue weighted by atomic mass is 79.9. The number of non-ortho nitro benzene ring substituents is 1. The molecule has 3 saturated heterocycles. The molecule has 0 N–H and O–H groups in total. The van der Waals surface area contributed by atoms with Crippen molar-refractivity contribution in [2.75, 3.05) is 18.0 Å². The van der Waals surface area contributed by atoms with E-state index >= 15 is 0 Å². The summed E-state index contributed by atoms with van der Waals surface area (Å²) < 4.78 is 0.862. The van der Waals surface area contributed by atoms with E-state index in [0.717, 1.165) is 17.4 Å². The third-order valence-corrected chi connectivity index (χ3v) is 6.44. The van der Waals surface area contributed by atoms with Gasteiger partial charge < -0.3 is 0 Å². The fourth-order valence-electron chi connectivity index (χ4n) is 4.78. The minimum absolute atomic E-state index is 0.0155. The molecule has 0 aliphatic carbocycles. The molecular formula is C20H17BrN4O4. The average molecular weight is 457 g/mol. The first-order chi connectivity index (χ1) is 14.0. The lowest BCUT2D eigenvalue weighted by molar-refractivity contribution is -0.385. The summed E-state index contributed by atoms with van der Waals surface area (Å²) in [4.78, 5) is 38.8. The molecular weight excluding hydrogens is 440 g/mol. The number of benzene rings is 2. The molecule has 9 heteroatoms. The third kappa shape index (κ3) is 2.72. The zero-order chi connectivity index (χ0) is 20.3. The Hall–Kier alpha value is -2.62. The quantitative estimate of drug-likeness (QED) is 0.400. The smallest absolute Gasteiger partial charge is 0.269 e. The Morgan fingerprint density at radius 3 is 2.34 bits per heavy atom. The number of fused-ring (bicyclic) bond motifs is 3. The van der Waals surface area contributed by atoms with Crippen LogP contribution in [0.4, 0.5) is 11.4 Å². The van der Waals surface area contributed by atoms with Gasteiger partial charge in [-0.3, -0.25) is 19.7 Å². The van der Waals surface area contributed by atoms with Crippen LogP contribution in [-0.2, 0) is 9.59 Å². The molecule has 148 valence electrons. The Morgan fingerprint density at radius 1 is 0.966 bits per heavy atom. The SMILES string of the molecule is O=C1C2C(C(=O)N1c1ccc(Br)cc1)N1CCCN1C2c1cccc([N+](=O)[O-])c1. The summed E-state index contributed by atoms with van der Waals surface area (Å²) in [5.41, 5.74) is 1.22. The van der Waals surface area contributed by atoms with Gasteiger partial charge in [-0.05, 0) is 36.2 Å². The van der Waals surface area contributed by atoms with Crippen molar-refractivity contribution in [1.82, 2.24) is 10.0 Å². The molecule has 0 spiro atoms. The van der Waals surface area contributed by atoms with Gasteiger partial charge in [0, 0.05) is 29.7 Å². The van der Waals surface area contributed by atoms with Gasteiger partial charge >= 0.3 is 0 Å². The molecule has 2 aromatic carbocycles. The van der Waals surface area contributed by atoms with Gasteiger partial charge in [-0.1, -0.05) is 28.1 Å². The lowest BCUT2D eigenvalue weighted by Crippen LogP contribution is -2.44. The second-order valence-electron chi connectivity index (χ2n) is 7.44. The van der Waals surface area contributed by atoms with E-state index in [1.807, 2.05) is 10.0 Å². The van der Waals surface area contributed by atoms with Crippen LogP contribution in [0.5, 0.6) is 0 Å². The van der Waals surface area contributed by atoms with Gasteiger partial charge in [0.25, 0.3) is 11.6 Å². The second-order valence-corrected chi connectivity index (χ2v) is 8.35. The number of halogens is 1. The van der Waals surface area contributed by atoms with Crippen LogP contribution in [0.3, 0.4) is 0 Å². The van der Waals surface area contributed by atoms with Crippen molar-refractivity contribution < 1.29 is 14.5 Å². The van der Waals surface area contributed by atoms with Crippen LogP contribution in [0.1, 0.15) is 18.0 Å².